The fraction of sp³-hybridized carbons (Fsp3) is 0. The van der Waals surface area contributed by atoms with Crippen LogP contribution in [0.4, 0.5) is 11.5 Å². The van der Waals surface area contributed by atoms with E-state index in [2.05, 4.69) is 15.5 Å². The number of hydrogen-bond acceptors (Lipinski definition) is 6. The van der Waals surface area contributed by atoms with Gasteiger partial charge in [0.15, 0.2) is 0 Å². The number of aromatic nitrogens is 1. The molecule has 1 aromatic carbocycles. The number of nitrogens with zero attached hydrogens (tertiary/aromatic N) is 3. The molecule has 0 saturated heterocycles. The number of benzene rings is 1. The van der Waals surface area contributed by atoms with E-state index in [0.29, 0.717) is 17.3 Å². The quantitative estimate of drug-likeness (QED) is 0.440. The number of nitrogens with one attached hydrogen (secondary N) is 1. The fourth-order valence-electron chi connectivity index (χ4n) is 1.92. The number of hydrogen-bond donors (Lipinski definition) is 1. The lowest BCUT2D eigenvalue weighted by atomic mass is 10.1. The molecule has 0 amide bonds. The van der Waals surface area contributed by atoms with Crippen LogP contribution in [0.1, 0.15) is 5.76 Å². The van der Waals surface area contributed by atoms with Gasteiger partial charge in [-0.05, 0) is 36.4 Å². The maximum atomic E-state index is 10.6. The fourth-order valence-corrected chi connectivity index (χ4v) is 1.92. The molecule has 0 aliphatic heterocycles. The van der Waals surface area contributed by atoms with Crippen LogP contribution in [0.25, 0.3) is 11.3 Å². The number of non-ortho nitro benzene ring substituents is 1. The topological polar surface area (TPSA) is 93.6 Å². The monoisotopic (exact) mass is 308 g/mol. The summed E-state index contributed by atoms with van der Waals surface area (Å²) in [5.74, 6) is 1.80. The van der Waals surface area contributed by atoms with E-state index >= 15 is 0 Å². The molecule has 23 heavy (non-hydrogen) atoms. The Morgan fingerprint density at radius 1 is 1.13 bits per heavy atom. The van der Waals surface area contributed by atoms with Crippen LogP contribution in [-0.2, 0) is 0 Å². The van der Waals surface area contributed by atoms with E-state index in [4.69, 9.17) is 4.42 Å². The average molecular weight is 308 g/mol. The summed E-state index contributed by atoms with van der Waals surface area (Å²) < 4.78 is 5.63. The van der Waals surface area contributed by atoms with Crippen molar-refractivity contribution in [1.29, 1.82) is 0 Å². The van der Waals surface area contributed by atoms with Gasteiger partial charge < -0.3 is 4.42 Å². The van der Waals surface area contributed by atoms with Crippen molar-refractivity contribution < 1.29 is 9.34 Å². The van der Waals surface area contributed by atoms with Crippen LogP contribution < -0.4 is 5.43 Å². The molecule has 3 rings (SSSR count). The highest BCUT2D eigenvalue weighted by atomic mass is 16.6. The van der Waals surface area contributed by atoms with Crippen molar-refractivity contribution >= 4 is 17.7 Å². The lowest BCUT2D eigenvalue weighted by molar-refractivity contribution is -0.384. The molecule has 7 nitrogen and oxygen atoms in total. The van der Waals surface area contributed by atoms with Gasteiger partial charge in [0.2, 0.25) is 0 Å². The second-order valence-corrected chi connectivity index (χ2v) is 4.59. The molecule has 0 radical (unpaired) electrons. The molecule has 0 atom stereocenters. The van der Waals surface area contributed by atoms with Gasteiger partial charge in [-0.15, -0.1) is 0 Å². The predicted octanol–water partition coefficient (Wildman–Crippen LogP) is 3.70. The Balaban J connectivity index is 1.69. The molecule has 0 spiro atoms. The maximum absolute atomic E-state index is 10.6. The maximum Gasteiger partial charge on any atom is 0.269 e. The minimum atomic E-state index is -0.437. The minimum absolute atomic E-state index is 0.0432. The van der Waals surface area contributed by atoms with E-state index in [9.17, 15) is 10.1 Å². The summed E-state index contributed by atoms with van der Waals surface area (Å²) in [6.45, 7) is 0. The summed E-state index contributed by atoms with van der Waals surface area (Å²) in [5.41, 5.74) is 3.59. The van der Waals surface area contributed by atoms with Gasteiger partial charge in [0, 0.05) is 23.9 Å². The lowest BCUT2D eigenvalue weighted by Gasteiger charge is -1.97. The van der Waals surface area contributed by atoms with Gasteiger partial charge in [-0.25, -0.2) is 4.98 Å². The van der Waals surface area contributed by atoms with Gasteiger partial charge in [-0.1, -0.05) is 6.07 Å². The zero-order chi connectivity index (χ0) is 16.1. The van der Waals surface area contributed by atoms with Crippen LogP contribution in [0.5, 0.6) is 0 Å². The number of furan rings is 1. The SMILES string of the molecule is O=[N+]([O-])c1ccc(-c2ccc(/C=N\Nc3ccccn3)o2)cc1. The molecular weight excluding hydrogens is 296 g/mol. The van der Waals surface area contributed by atoms with Crippen LogP contribution in [0, 0.1) is 10.1 Å². The molecule has 7 heteroatoms. The highest BCUT2D eigenvalue weighted by Crippen LogP contribution is 2.24. The third-order valence-electron chi connectivity index (χ3n) is 3.03. The first kappa shape index (κ1) is 14.5. The summed E-state index contributed by atoms with van der Waals surface area (Å²) in [6, 6.07) is 15.2. The highest BCUT2D eigenvalue weighted by Gasteiger charge is 2.07. The first-order valence-corrected chi connectivity index (χ1v) is 6.77. The van der Waals surface area contributed by atoms with E-state index in [1.54, 1.807) is 36.5 Å². The van der Waals surface area contributed by atoms with E-state index in [1.165, 1.54) is 18.3 Å². The van der Waals surface area contributed by atoms with Crippen LogP contribution in [-0.4, -0.2) is 16.1 Å². The largest absolute Gasteiger partial charge is 0.455 e. The number of pyridine rings is 1. The molecule has 1 N–H and O–H groups in total. The van der Waals surface area contributed by atoms with E-state index in [0.717, 1.165) is 5.56 Å². The standard InChI is InChI=1S/C16H12N4O3/c21-20(22)13-6-4-12(5-7-13)15-9-8-14(23-15)11-18-19-16-3-1-2-10-17-16/h1-11H,(H,17,19)/b18-11-. The minimum Gasteiger partial charge on any atom is -0.455 e. The van der Waals surface area contributed by atoms with Crippen molar-refractivity contribution in [1.82, 2.24) is 4.98 Å². The molecule has 0 saturated carbocycles. The van der Waals surface area contributed by atoms with Crippen molar-refractivity contribution in [2.75, 3.05) is 5.43 Å². The van der Waals surface area contributed by atoms with Crippen LogP contribution in [0.3, 0.4) is 0 Å². The molecule has 0 unspecified atom stereocenters. The number of hydrazone groups is 1. The molecule has 2 aromatic heterocycles. The van der Waals surface area contributed by atoms with E-state index in [-0.39, 0.29) is 5.69 Å². The zero-order valence-corrected chi connectivity index (χ0v) is 11.9. The van der Waals surface area contributed by atoms with Gasteiger partial charge in [-0.3, -0.25) is 15.5 Å². The molecule has 0 aliphatic rings. The van der Waals surface area contributed by atoms with Crippen LogP contribution in [0.2, 0.25) is 0 Å². The third kappa shape index (κ3) is 3.59. The summed E-state index contributed by atoms with van der Waals surface area (Å²) in [4.78, 5) is 14.3. The Hall–Kier alpha value is -3.48. The highest BCUT2D eigenvalue weighted by molar-refractivity contribution is 5.78. The normalized spacial score (nSPS) is 10.8. The molecule has 114 valence electrons. The van der Waals surface area contributed by atoms with Crippen LogP contribution >= 0.6 is 0 Å². The molecule has 2 heterocycles. The van der Waals surface area contributed by atoms with Gasteiger partial charge in [0.25, 0.3) is 5.69 Å². The Kier molecular flexibility index (Phi) is 4.10. The number of nitro groups is 1. The Morgan fingerprint density at radius 3 is 2.65 bits per heavy atom. The van der Waals surface area contributed by atoms with Crippen LogP contribution in [0.15, 0.2) is 70.3 Å². The number of anilines is 1. The van der Waals surface area contributed by atoms with E-state index < -0.39 is 4.92 Å². The molecule has 3 aromatic rings. The second kappa shape index (κ2) is 6.52. The number of nitro benzene ring substituents is 1. The van der Waals surface area contributed by atoms with Gasteiger partial charge in [0.05, 0.1) is 11.1 Å². The van der Waals surface area contributed by atoms with Crippen molar-refractivity contribution in [2.24, 2.45) is 5.10 Å². The molecular formula is C16H12N4O3. The summed E-state index contributed by atoms with van der Waals surface area (Å²) >= 11 is 0. The smallest absolute Gasteiger partial charge is 0.269 e. The van der Waals surface area contributed by atoms with Crippen molar-refractivity contribution in [2.45, 2.75) is 0 Å². The second-order valence-electron chi connectivity index (χ2n) is 4.59. The lowest BCUT2D eigenvalue weighted by Crippen LogP contribution is -1.91. The summed E-state index contributed by atoms with van der Waals surface area (Å²) in [5, 5.41) is 14.7. The summed E-state index contributed by atoms with van der Waals surface area (Å²) in [7, 11) is 0. The van der Waals surface area contributed by atoms with Gasteiger partial charge >= 0.3 is 0 Å². The molecule has 0 fully saturated rings. The third-order valence-corrected chi connectivity index (χ3v) is 3.03. The summed E-state index contributed by atoms with van der Waals surface area (Å²) in [6.07, 6.45) is 3.20. The predicted molar refractivity (Wildman–Crippen MR) is 86.3 cm³/mol. The molecule has 0 aliphatic carbocycles. The van der Waals surface area contributed by atoms with E-state index in [1.807, 2.05) is 12.1 Å². The Labute approximate surface area is 131 Å². The van der Waals surface area contributed by atoms with Gasteiger partial charge in [-0.2, -0.15) is 5.10 Å². The average Bonchev–Trinajstić information content (AvgIpc) is 3.05. The Bertz CT molecular complexity index is 826. The van der Waals surface area contributed by atoms with Crippen molar-refractivity contribution in [3.8, 4) is 11.3 Å². The number of rotatable bonds is 5. The Morgan fingerprint density at radius 2 is 1.96 bits per heavy atom. The molecule has 0 bridgehead atoms. The zero-order valence-electron chi connectivity index (χ0n) is 11.9. The first-order valence-electron chi connectivity index (χ1n) is 6.77. The van der Waals surface area contributed by atoms with Crippen molar-refractivity contribution in [3.63, 3.8) is 0 Å². The first-order chi connectivity index (χ1) is 11.2. The van der Waals surface area contributed by atoms with Gasteiger partial charge in [0.1, 0.15) is 17.3 Å². The van der Waals surface area contributed by atoms with Crippen molar-refractivity contribution in [3.05, 3.63) is 76.7 Å².